The monoisotopic (exact) mass is 320 g/mol. The second-order valence-corrected chi connectivity index (χ2v) is 5.15. The lowest BCUT2D eigenvalue weighted by molar-refractivity contribution is 0.0246. The lowest BCUT2D eigenvalue weighted by Crippen LogP contribution is -2.40. The van der Waals surface area contributed by atoms with Crippen molar-refractivity contribution >= 4 is 6.09 Å². The maximum Gasteiger partial charge on any atom is 0.410 e. The van der Waals surface area contributed by atoms with E-state index < -0.39 is 6.09 Å². The van der Waals surface area contributed by atoms with Gasteiger partial charge in [0.05, 0.1) is 26.0 Å². The molecule has 122 valence electrons. The normalized spacial score (nSPS) is 14.7. The lowest BCUT2D eigenvalue weighted by Gasteiger charge is -2.25. The van der Waals surface area contributed by atoms with Gasteiger partial charge in [0.2, 0.25) is 0 Å². The molecule has 1 aliphatic heterocycles. The Morgan fingerprint density at radius 2 is 2.09 bits per heavy atom. The van der Waals surface area contributed by atoms with Crippen LogP contribution in [0.25, 0.3) is 0 Å². The van der Waals surface area contributed by atoms with Crippen molar-refractivity contribution in [3.63, 3.8) is 0 Å². The Balaban J connectivity index is 1.53. The molecule has 2 aromatic rings. The van der Waals surface area contributed by atoms with E-state index >= 15 is 0 Å². The van der Waals surface area contributed by atoms with Crippen LogP contribution in [0.1, 0.15) is 11.3 Å². The fourth-order valence-corrected chi connectivity index (χ4v) is 2.26. The molecule has 3 rings (SSSR count). The third kappa shape index (κ3) is 4.04. The zero-order chi connectivity index (χ0) is 16.1. The Hall–Kier alpha value is -2.48. The molecule has 0 N–H and O–H groups in total. The van der Waals surface area contributed by atoms with E-state index in [-0.39, 0.29) is 19.0 Å². The summed E-state index contributed by atoms with van der Waals surface area (Å²) < 4.78 is 25.5. The highest BCUT2D eigenvalue weighted by Gasteiger charge is 2.18. The van der Waals surface area contributed by atoms with Crippen molar-refractivity contribution < 1.29 is 18.7 Å². The van der Waals surface area contributed by atoms with Gasteiger partial charge >= 0.3 is 6.09 Å². The van der Waals surface area contributed by atoms with Gasteiger partial charge in [0, 0.05) is 18.7 Å². The summed E-state index contributed by atoms with van der Waals surface area (Å²) in [4.78, 5) is 13.4. The van der Waals surface area contributed by atoms with Gasteiger partial charge < -0.3 is 14.4 Å². The summed E-state index contributed by atoms with van der Waals surface area (Å²) in [5, 5.41) is 7.85. The first-order valence-electron chi connectivity index (χ1n) is 7.34. The van der Waals surface area contributed by atoms with Crippen molar-refractivity contribution in [1.29, 1.82) is 0 Å². The van der Waals surface area contributed by atoms with Crippen molar-refractivity contribution in [2.45, 2.75) is 13.2 Å². The van der Waals surface area contributed by atoms with Gasteiger partial charge in [0.25, 0.3) is 0 Å². The standard InChI is InChI=1S/C15H17FN4O3/c16-14-4-2-1-3-12(14)9-20-10-13(17-18-20)11-23-15(21)19-5-7-22-8-6-19/h1-4,10H,5-9,11H2. The molecule has 0 atom stereocenters. The Morgan fingerprint density at radius 1 is 1.30 bits per heavy atom. The molecule has 1 fully saturated rings. The summed E-state index contributed by atoms with van der Waals surface area (Å²) in [6, 6.07) is 6.49. The number of rotatable bonds is 4. The third-order valence-corrected chi connectivity index (χ3v) is 3.49. The van der Waals surface area contributed by atoms with Crippen LogP contribution in [0, 0.1) is 5.82 Å². The molecule has 0 radical (unpaired) electrons. The minimum absolute atomic E-state index is 0.0352. The number of halogens is 1. The molecule has 1 amide bonds. The highest BCUT2D eigenvalue weighted by atomic mass is 19.1. The number of hydrogen-bond donors (Lipinski definition) is 0. The first-order chi connectivity index (χ1) is 11.2. The maximum atomic E-state index is 13.6. The highest BCUT2D eigenvalue weighted by molar-refractivity contribution is 5.67. The molecular weight excluding hydrogens is 303 g/mol. The molecule has 1 saturated heterocycles. The molecule has 1 aromatic carbocycles. The van der Waals surface area contributed by atoms with E-state index in [0.29, 0.717) is 37.6 Å². The van der Waals surface area contributed by atoms with Crippen LogP contribution < -0.4 is 0 Å². The Bertz CT molecular complexity index is 670. The zero-order valence-corrected chi connectivity index (χ0v) is 12.5. The van der Waals surface area contributed by atoms with E-state index in [9.17, 15) is 9.18 Å². The lowest BCUT2D eigenvalue weighted by atomic mass is 10.2. The summed E-state index contributed by atoms with van der Waals surface area (Å²) in [5.41, 5.74) is 1.04. The van der Waals surface area contributed by atoms with Gasteiger partial charge in [-0.3, -0.25) is 0 Å². The predicted octanol–water partition coefficient (Wildman–Crippen LogP) is 1.43. The molecule has 0 aliphatic carbocycles. The topological polar surface area (TPSA) is 69.5 Å². The van der Waals surface area contributed by atoms with Crippen molar-refractivity contribution in [2.24, 2.45) is 0 Å². The first-order valence-corrected chi connectivity index (χ1v) is 7.34. The van der Waals surface area contributed by atoms with Crippen LogP contribution in [0.2, 0.25) is 0 Å². The third-order valence-electron chi connectivity index (χ3n) is 3.49. The molecule has 1 aliphatic rings. The van der Waals surface area contributed by atoms with Crippen LogP contribution in [0.5, 0.6) is 0 Å². The van der Waals surface area contributed by atoms with E-state index in [2.05, 4.69) is 10.3 Å². The quantitative estimate of drug-likeness (QED) is 0.852. The summed E-state index contributed by atoms with van der Waals surface area (Å²) in [7, 11) is 0. The average molecular weight is 320 g/mol. The van der Waals surface area contributed by atoms with Crippen molar-refractivity contribution in [2.75, 3.05) is 26.3 Å². The molecule has 7 nitrogen and oxygen atoms in total. The summed E-state index contributed by atoms with van der Waals surface area (Å²) >= 11 is 0. The van der Waals surface area contributed by atoms with Gasteiger partial charge in [0.1, 0.15) is 18.1 Å². The van der Waals surface area contributed by atoms with E-state index in [0.717, 1.165) is 0 Å². The highest BCUT2D eigenvalue weighted by Crippen LogP contribution is 2.09. The van der Waals surface area contributed by atoms with Crippen molar-refractivity contribution in [3.8, 4) is 0 Å². The van der Waals surface area contributed by atoms with Crippen LogP contribution in [0.15, 0.2) is 30.5 Å². The van der Waals surface area contributed by atoms with Gasteiger partial charge in [0.15, 0.2) is 0 Å². The Kier molecular flexibility index (Phi) is 4.82. The number of hydrogen-bond acceptors (Lipinski definition) is 5. The van der Waals surface area contributed by atoms with Gasteiger partial charge in [-0.25, -0.2) is 13.9 Å². The molecule has 23 heavy (non-hydrogen) atoms. The smallest absolute Gasteiger partial charge is 0.410 e. The molecule has 2 heterocycles. The Morgan fingerprint density at radius 3 is 2.87 bits per heavy atom. The number of morpholine rings is 1. The number of carbonyl (C=O) groups is 1. The SMILES string of the molecule is O=C(OCc1cn(Cc2ccccc2F)nn1)N1CCOCC1. The van der Waals surface area contributed by atoms with Crippen LogP contribution in [-0.4, -0.2) is 52.3 Å². The molecule has 8 heteroatoms. The van der Waals surface area contributed by atoms with Gasteiger partial charge in [-0.2, -0.15) is 0 Å². The Labute approximate surface area is 132 Å². The molecule has 0 bridgehead atoms. The van der Waals surface area contributed by atoms with Crippen LogP contribution >= 0.6 is 0 Å². The van der Waals surface area contributed by atoms with Gasteiger partial charge in [-0.05, 0) is 6.07 Å². The fraction of sp³-hybridized carbons (Fsp3) is 0.400. The number of amides is 1. The maximum absolute atomic E-state index is 13.6. The zero-order valence-electron chi connectivity index (χ0n) is 12.5. The van der Waals surface area contributed by atoms with Crippen LogP contribution in [0.3, 0.4) is 0 Å². The molecule has 0 unspecified atom stereocenters. The molecule has 0 spiro atoms. The van der Waals surface area contributed by atoms with Crippen molar-refractivity contribution in [3.05, 3.63) is 47.5 Å². The minimum Gasteiger partial charge on any atom is -0.443 e. The second kappa shape index (κ2) is 7.19. The van der Waals surface area contributed by atoms with E-state index in [1.54, 1.807) is 29.3 Å². The fourth-order valence-electron chi connectivity index (χ4n) is 2.26. The summed E-state index contributed by atoms with van der Waals surface area (Å²) in [6.45, 7) is 2.41. The van der Waals surface area contributed by atoms with Crippen LogP contribution in [-0.2, 0) is 22.6 Å². The second-order valence-electron chi connectivity index (χ2n) is 5.15. The molecule has 0 saturated carbocycles. The number of ether oxygens (including phenoxy) is 2. The van der Waals surface area contributed by atoms with Crippen molar-refractivity contribution in [1.82, 2.24) is 19.9 Å². The predicted molar refractivity (Wildman–Crippen MR) is 78.1 cm³/mol. The first kappa shape index (κ1) is 15.4. The van der Waals surface area contributed by atoms with E-state index in [1.807, 2.05) is 0 Å². The van der Waals surface area contributed by atoms with Gasteiger partial charge in [-0.1, -0.05) is 23.4 Å². The number of benzene rings is 1. The molecular formula is C15H17FN4O3. The van der Waals surface area contributed by atoms with Gasteiger partial charge in [-0.15, -0.1) is 5.10 Å². The summed E-state index contributed by atoms with van der Waals surface area (Å²) in [6.07, 6.45) is 1.25. The molecule has 1 aromatic heterocycles. The number of aromatic nitrogens is 3. The van der Waals surface area contributed by atoms with Crippen LogP contribution in [0.4, 0.5) is 9.18 Å². The average Bonchev–Trinajstić information content (AvgIpc) is 3.03. The minimum atomic E-state index is -0.392. The number of carbonyl (C=O) groups excluding carboxylic acids is 1. The largest absolute Gasteiger partial charge is 0.443 e. The van der Waals surface area contributed by atoms with E-state index in [4.69, 9.17) is 9.47 Å². The summed E-state index contributed by atoms with van der Waals surface area (Å²) in [5.74, 6) is -0.289. The van der Waals surface area contributed by atoms with E-state index in [1.165, 1.54) is 10.7 Å². The number of nitrogens with zero attached hydrogens (tertiary/aromatic N) is 4.